The molecular weight excluding hydrogens is 595 g/mol. The van der Waals surface area contributed by atoms with E-state index in [1.807, 2.05) is 91.0 Å². The zero-order valence-electron chi connectivity index (χ0n) is 21.5. The summed E-state index contributed by atoms with van der Waals surface area (Å²) in [6.45, 7) is 0. The summed E-state index contributed by atoms with van der Waals surface area (Å²) < 4.78 is 0. The molecule has 0 saturated heterocycles. The van der Waals surface area contributed by atoms with Gasteiger partial charge >= 0.3 is 0 Å². The molecular formula is C32H17ClCuN8. The second-order valence-corrected chi connectivity index (χ2v) is 10.3. The smallest absolute Gasteiger partial charge is 0.164 e. The molecule has 3 aromatic heterocycles. The van der Waals surface area contributed by atoms with Crippen molar-refractivity contribution >= 4 is 55.7 Å². The van der Waals surface area contributed by atoms with E-state index in [1.54, 1.807) is 0 Å². The van der Waals surface area contributed by atoms with Gasteiger partial charge in [-0.3, -0.25) is 0 Å². The Hall–Kier alpha value is -4.95. The predicted octanol–water partition coefficient (Wildman–Crippen LogP) is 7.52. The molecule has 0 amide bonds. The summed E-state index contributed by atoms with van der Waals surface area (Å²) in [6, 6.07) is 29.7. The van der Waals surface area contributed by atoms with Crippen LogP contribution in [0.4, 0.5) is 0 Å². The van der Waals surface area contributed by atoms with Crippen LogP contribution in [0.2, 0.25) is 5.02 Å². The zero-order valence-corrected chi connectivity index (χ0v) is 23.2. The number of aromatic amines is 2. The van der Waals surface area contributed by atoms with Crippen molar-refractivity contribution in [1.29, 1.82) is 0 Å². The number of hydrogen-bond acceptors (Lipinski definition) is 6. The number of H-pyrrole nitrogens is 2. The second kappa shape index (κ2) is 9.29. The van der Waals surface area contributed by atoms with Crippen molar-refractivity contribution in [1.82, 2.24) is 39.9 Å². The number of hydrogen-bond donors (Lipinski definition) is 2. The molecule has 203 valence electrons. The van der Waals surface area contributed by atoms with Gasteiger partial charge in [-0.15, -0.1) is 0 Å². The molecule has 2 aliphatic heterocycles. The van der Waals surface area contributed by atoms with Gasteiger partial charge in [-0.25, -0.2) is 29.9 Å². The van der Waals surface area contributed by atoms with E-state index in [9.17, 15) is 0 Å². The summed E-state index contributed by atoms with van der Waals surface area (Å²) >= 11 is 6.73. The van der Waals surface area contributed by atoms with Crippen LogP contribution in [0.1, 0.15) is 0 Å². The number of halogens is 1. The summed E-state index contributed by atoms with van der Waals surface area (Å²) in [6.07, 6.45) is 0. The van der Waals surface area contributed by atoms with Gasteiger partial charge in [0.15, 0.2) is 23.3 Å². The maximum Gasteiger partial charge on any atom is 0.164 e. The summed E-state index contributed by atoms with van der Waals surface area (Å²) in [5.41, 5.74) is 6.09. The first-order valence-corrected chi connectivity index (χ1v) is 13.5. The Morgan fingerprint density at radius 3 is 1.29 bits per heavy atom. The Balaban J connectivity index is 0.00000267. The molecule has 0 fully saturated rings. The van der Waals surface area contributed by atoms with E-state index in [2.05, 4.69) is 9.97 Å². The standard InChI is InChI=1S/C32H17ClN8.Cu/c33-23-15-7-14-22-24(23)32-40-30-21-13-6-5-12-20(21)28(38-30)36-26-17-9-2-1-8-16(17)25(34-26)35-27-18-10-3-4-11-19(18)29(37-27)39-31(22)41-32;/h1-15H,(H2,34,35,36,37,38,39,40,41);. The molecule has 7 aromatic rings. The average molecular weight is 613 g/mol. The van der Waals surface area contributed by atoms with Crippen LogP contribution in [0.5, 0.6) is 0 Å². The van der Waals surface area contributed by atoms with Crippen molar-refractivity contribution in [3.8, 4) is 45.6 Å². The number of benzene rings is 4. The average Bonchev–Trinajstić information content (AvgIpc) is 3.73. The van der Waals surface area contributed by atoms with Crippen LogP contribution < -0.4 is 0 Å². The molecule has 4 aromatic carbocycles. The number of aromatic nitrogens is 8. The minimum absolute atomic E-state index is 0. The van der Waals surface area contributed by atoms with Gasteiger partial charge in [-0.2, -0.15) is 0 Å². The molecule has 0 spiro atoms. The van der Waals surface area contributed by atoms with Crippen LogP contribution in [-0.4, -0.2) is 39.9 Å². The number of rotatable bonds is 0. The molecule has 0 unspecified atom stereocenters. The van der Waals surface area contributed by atoms with Crippen molar-refractivity contribution in [2.75, 3.05) is 0 Å². The molecule has 2 aliphatic rings. The first kappa shape index (κ1) is 24.8. The van der Waals surface area contributed by atoms with Crippen LogP contribution in [-0.2, 0) is 17.1 Å². The second-order valence-electron chi connectivity index (χ2n) is 9.91. The van der Waals surface area contributed by atoms with E-state index in [1.165, 1.54) is 0 Å². The Morgan fingerprint density at radius 1 is 0.405 bits per heavy atom. The summed E-state index contributed by atoms with van der Waals surface area (Å²) in [5, 5.41) is 4.05. The molecule has 5 heterocycles. The first-order valence-electron chi connectivity index (χ1n) is 13.1. The summed E-state index contributed by atoms with van der Waals surface area (Å²) in [5.74, 6) is 2.24. The van der Waals surface area contributed by atoms with Gasteiger partial charge in [0, 0.05) is 60.9 Å². The minimum Gasteiger partial charge on any atom is -0.324 e. The van der Waals surface area contributed by atoms with Gasteiger partial charge < -0.3 is 9.97 Å². The van der Waals surface area contributed by atoms with Gasteiger partial charge in [-0.05, 0) is 6.07 Å². The van der Waals surface area contributed by atoms with Crippen LogP contribution in [0.15, 0.2) is 91.0 Å². The van der Waals surface area contributed by atoms with Gasteiger partial charge in [0.1, 0.15) is 22.6 Å². The van der Waals surface area contributed by atoms with E-state index in [0.29, 0.717) is 50.9 Å². The maximum absolute atomic E-state index is 6.73. The van der Waals surface area contributed by atoms with Crippen molar-refractivity contribution in [3.63, 3.8) is 0 Å². The fourth-order valence-corrected chi connectivity index (χ4v) is 5.91. The number of nitrogens with zero attached hydrogens (tertiary/aromatic N) is 6. The predicted molar refractivity (Wildman–Crippen MR) is 161 cm³/mol. The number of fused-ring (bicyclic) bond motifs is 20. The molecule has 42 heavy (non-hydrogen) atoms. The normalized spacial score (nSPS) is 11.7. The van der Waals surface area contributed by atoms with Crippen molar-refractivity contribution in [2.24, 2.45) is 0 Å². The van der Waals surface area contributed by atoms with E-state index < -0.39 is 0 Å². The Bertz CT molecular complexity index is 2410. The molecule has 0 saturated carbocycles. The quantitative estimate of drug-likeness (QED) is 0.172. The molecule has 9 rings (SSSR count). The molecule has 1 radical (unpaired) electrons. The topological polar surface area (TPSA) is 109 Å². The minimum atomic E-state index is 0. The molecule has 8 bridgehead atoms. The Labute approximate surface area is 253 Å². The van der Waals surface area contributed by atoms with Crippen LogP contribution >= 0.6 is 11.6 Å². The third-order valence-corrected chi connectivity index (χ3v) is 7.84. The fraction of sp³-hybridized carbons (Fsp3) is 0. The van der Waals surface area contributed by atoms with Gasteiger partial charge in [0.25, 0.3) is 0 Å². The summed E-state index contributed by atoms with van der Waals surface area (Å²) in [4.78, 5) is 36.6. The molecule has 8 nitrogen and oxygen atoms in total. The zero-order chi connectivity index (χ0) is 27.1. The van der Waals surface area contributed by atoms with E-state index in [0.717, 1.165) is 43.8 Å². The van der Waals surface area contributed by atoms with E-state index in [-0.39, 0.29) is 17.1 Å². The van der Waals surface area contributed by atoms with Gasteiger partial charge in [-0.1, -0.05) is 96.5 Å². The SMILES string of the molecule is Clc1cccc2c3nc4nc(nc5[nH]c(nc6nc(nc([nH]3)c12)-c1ccccc1-6)c1ccccc51)-c1ccccc1-4.[Cu]. The molecule has 0 atom stereocenters. The van der Waals surface area contributed by atoms with E-state index >= 15 is 0 Å². The number of nitrogens with one attached hydrogen (secondary N) is 2. The molecule has 2 N–H and O–H groups in total. The van der Waals surface area contributed by atoms with Crippen molar-refractivity contribution in [3.05, 3.63) is 96.0 Å². The van der Waals surface area contributed by atoms with Crippen LogP contribution in [0.25, 0.3) is 89.7 Å². The summed E-state index contributed by atoms with van der Waals surface area (Å²) in [7, 11) is 0. The Morgan fingerprint density at radius 2 is 0.786 bits per heavy atom. The third kappa shape index (κ3) is 3.61. The van der Waals surface area contributed by atoms with Gasteiger partial charge in [0.2, 0.25) is 0 Å². The van der Waals surface area contributed by atoms with Crippen LogP contribution in [0.3, 0.4) is 0 Å². The maximum atomic E-state index is 6.73. The van der Waals surface area contributed by atoms with E-state index in [4.69, 9.17) is 41.5 Å². The van der Waals surface area contributed by atoms with Crippen molar-refractivity contribution < 1.29 is 17.1 Å². The monoisotopic (exact) mass is 611 g/mol. The van der Waals surface area contributed by atoms with Crippen LogP contribution in [0, 0.1) is 0 Å². The van der Waals surface area contributed by atoms with Crippen molar-refractivity contribution in [2.45, 2.75) is 0 Å². The van der Waals surface area contributed by atoms with Gasteiger partial charge in [0.05, 0.1) is 5.02 Å². The first-order chi connectivity index (χ1) is 20.2. The fourth-order valence-electron chi connectivity index (χ4n) is 5.65. The Kier molecular flexibility index (Phi) is 5.49. The largest absolute Gasteiger partial charge is 0.324 e. The third-order valence-electron chi connectivity index (χ3n) is 7.53. The molecule has 10 heteroatoms. The molecule has 0 aliphatic carbocycles.